The van der Waals surface area contributed by atoms with Crippen molar-refractivity contribution in [2.45, 2.75) is 45.8 Å². The molecule has 5 heteroatoms. The number of aromatic nitrogens is 2. The van der Waals surface area contributed by atoms with E-state index >= 15 is 0 Å². The molecular formula is C13H15ClN2O2. The summed E-state index contributed by atoms with van der Waals surface area (Å²) in [6.45, 7) is 3.84. The molecule has 96 valence electrons. The Hall–Kier alpha value is -1.47. The number of rotatable bonds is 3. The molecule has 0 aliphatic heterocycles. The summed E-state index contributed by atoms with van der Waals surface area (Å²) in [6, 6.07) is 0. The fourth-order valence-electron chi connectivity index (χ4n) is 1.80. The molecule has 0 bridgehead atoms. The fourth-order valence-corrected chi connectivity index (χ4v) is 2.07. The Kier molecular flexibility index (Phi) is 3.93. The van der Waals surface area contributed by atoms with Gasteiger partial charge >= 0.3 is 5.97 Å². The van der Waals surface area contributed by atoms with Crippen LogP contribution in [0, 0.1) is 18.8 Å². The van der Waals surface area contributed by atoms with Crippen molar-refractivity contribution < 1.29 is 9.53 Å². The smallest absolute Gasteiger partial charge is 0.357 e. The lowest BCUT2D eigenvalue weighted by molar-refractivity contribution is 0.00785. The Morgan fingerprint density at radius 3 is 2.89 bits per heavy atom. The van der Waals surface area contributed by atoms with E-state index in [-0.39, 0.29) is 17.4 Å². The number of esters is 1. The molecule has 1 saturated carbocycles. The normalized spacial score (nSPS) is 14.6. The summed E-state index contributed by atoms with van der Waals surface area (Å²) in [7, 11) is 0. The molecule has 0 N–H and O–H groups in total. The number of imidazole rings is 1. The summed E-state index contributed by atoms with van der Waals surface area (Å²) in [5.41, 5.74) is 0.997. The second-order valence-corrected chi connectivity index (χ2v) is 4.62. The summed E-state index contributed by atoms with van der Waals surface area (Å²) in [5.74, 6) is 5.30. The standard InChI is InChI=1S/C13H15ClN2O2/c1-3-4-8-16-11(9(2)15-13(16)14)12(17)18-10-6-5-7-10/h10H,5-8H2,1-2H3. The van der Waals surface area contributed by atoms with E-state index in [4.69, 9.17) is 16.3 Å². The van der Waals surface area contributed by atoms with Gasteiger partial charge in [-0.1, -0.05) is 5.92 Å². The third-order valence-electron chi connectivity index (χ3n) is 3.03. The van der Waals surface area contributed by atoms with Gasteiger partial charge in [-0.3, -0.25) is 4.57 Å². The quantitative estimate of drug-likeness (QED) is 0.624. The molecule has 0 radical (unpaired) electrons. The summed E-state index contributed by atoms with van der Waals surface area (Å²) >= 11 is 5.99. The molecule has 0 aromatic carbocycles. The Bertz CT molecular complexity index is 521. The van der Waals surface area contributed by atoms with Gasteiger partial charge in [0.1, 0.15) is 6.10 Å². The molecule has 4 nitrogen and oxygen atoms in total. The number of hydrogen-bond donors (Lipinski definition) is 0. The van der Waals surface area contributed by atoms with E-state index in [9.17, 15) is 4.79 Å². The van der Waals surface area contributed by atoms with Gasteiger partial charge in [0.15, 0.2) is 5.69 Å². The number of carbonyl (C=O) groups excluding carboxylic acids is 1. The summed E-state index contributed by atoms with van der Waals surface area (Å²) in [4.78, 5) is 16.2. The zero-order chi connectivity index (χ0) is 13.1. The van der Waals surface area contributed by atoms with Crippen LogP contribution in [-0.2, 0) is 11.3 Å². The first-order valence-electron chi connectivity index (χ1n) is 5.96. The van der Waals surface area contributed by atoms with E-state index in [1.807, 2.05) is 0 Å². The lowest BCUT2D eigenvalue weighted by Crippen LogP contribution is -2.26. The van der Waals surface area contributed by atoms with E-state index in [1.165, 1.54) is 0 Å². The van der Waals surface area contributed by atoms with Gasteiger partial charge in [-0.05, 0) is 44.7 Å². The number of aryl methyl sites for hydroxylation is 1. The number of nitrogens with zero attached hydrogens (tertiary/aromatic N) is 2. The fraction of sp³-hybridized carbons (Fsp3) is 0.538. The summed E-state index contributed by atoms with van der Waals surface area (Å²) in [6.07, 6.45) is 3.07. The van der Waals surface area contributed by atoms with Crippen LogP contribution in [0.25, 0.3) is 0 Å². The van der Waals surface area contributed by atoms with Gasteiger partial charge in [-0.2, -0.15) is 0 Å². The highest BCUT2D eigenvalue weighted by molar-refractivity contribution is 6.28. The van der Waals surface area contributed by atoms with Crippen molar-refractivity contribution in [1.82, 2.24) is 9.55 Å². The number of ether oxygens (including phenoxy) is 1. The topological polar surface area (TPSA) is 44.1 Å². The molecule has 2 rings (SSSR count). The third-order valence-corrected chi connectivity index (χ3v) is 3.32. The van der Waals surface area contributed by atoms with Crippen molar-refractivity contribution in [2.75, 3.05) is 0 Å². The van der Waals surface area contributed by atoms with E-state index in [2.05, 4.69) is 16.8 Å². The molecule has 1 aromatic heterocycles. The minimum Gasteiger partial charge on any atom is -0.458 e. The maximum Gasteiger partial charge on any atom is 0.357 e. The Morgan fingerprint density at radius 2 is 2.33 bits per heavy atom. The van der Waals surface area contributed by atoms with Crippen LogP contribution in [0.4, 0.5) is 0 Å². The molecule has 1 aliphatic rings. The van der Waals surface area contributed by atoms with Gasteiger partial charge < -0.3 is 4.74 Å². The van der Waals surface area contributed by atoms with Crippen LogP contribution in [0.3, 0.4) is 0 Å². The molecule has 0 amide bonds. The Balaban J connectivity index is 2.22. The first-order valence-corrected chi connectivity index (χ1v) is 6.34. The molecule has 1 heterocycles. The first-order chi connectivity index (χ1) is 8.63. The van der Waals surface area contributed by atoms with Crippen LogP contribution in [0.1, 0.15) is 42.4 Å². The largest absolute Gasteiger partial charge is 0.458 e. The molecule has 0 spiro atoms. The van der Waals surface area contributed by atoms with Crippen molar-refractivity contribution in [3.63, 3.8) is 0 Å². The molecule has 1 aromatic rings. The molecule has 18 heavy (non-hydrogen) atoms. The zero-order valence-electron chi connectivity index (χ0n) is 10.5. The average molecular weight is 267 g/mol. The van der Waals surface area contributed by atoms with Gasteiger partial charge in [0, 0.05) is 0 Å². The Labute approximate surface area is 111 Å². The molecule has 0 saturated heterocycles. The van der Waals surface area contributed by atoms with Crippen molar-refractivity contribution in [3.8, 4) is 11.8 Å². The highest BCUT2D eigenvalue weighted by Gasteiger charge is 2.26. The minimum atomic E-state index is -0.352. The highest BCUT2D eigenvalue weighted by Crippen LogP contribution is 2.24. The predicted octanol–water partition coefficient (Wildman–Crippen LogP) is 2.58. The SMILES string of the molecule is CC#CCn1c(Cl)nc(C)c1C(=O)OC1CCC1. The second-order valence-electron chi connectivity index (χ2n) is 4.29. The van der Waals surface area contributed by atoms with Crippen LogP contribution in [0.5, 0.6) is 0 Å². The number of halogens is 1. The molecule has 0 atom stereocenters. The van der Waals surface area contributed by atoms with Crippen molar-refractivity contribution >= 4 is 17.6 Å². The minimum absolute atomic E-state index is 0.0521. The van der Waals surface area contributed by atoms with E-state index in [0.29, 0.717) is 17.9 Å². The van der Waals surface area contributed by atoms with Gasteiger partial charge in [0.25, 0.3) is 0 Å². The van der Waals surface area contributed by atoms with Gasteiger partial charge in [-0.15, -0.1) is 5.92 Å². The Morgan fingerprint density at radius 1 is 1.61 bits per heavy atom. The van der Waals surface area contributed by atoms with E-state index in [0.717, 1.165) is 19.3 Å². The van der Waals surface area contributed by atoms with Gasteiger partial charge in [0.05, 0.1) is 12.2 Å². The van der Waals surface area contributed by atoms with Crippen LogP contribution in [0.2, 0.25) is 5.28 Å². The monoisotopic (exact) mass is 266 g/mol. The molecule has 1 fully saturated rings. The van der Waals surface area contributed by atoms with Gasteiger partial charge in [-0.25, -0.2) is 9.78 Å². The second kappa shape index (κ2) is 5.45. The molecule has 1 aliphatic carbocycles. The number of carbonyl (C=O) groups is 1. The van der Waals surface area contributed by atoms with Crippen LogP contribution in [-0.4, -0.2) is 21.6 Å². The van der Waals surface area contributed by atoms with E-state index in [1.54, 1.807) is 18.4 Å². The van der Waals surface area contributed by atoms with Crippen LogP contribution in [0.15, 0.2) is 0 Å². The summed E-state index contributed by atoms with van der Waals surface area (Å²) < 4.78 is 6.97. The highest BCUT2D eigenvalue weighted by atomic mass is 35.5. The maximum atomic E-state index is 12.1. The first kappa shape index (κ1) is 13.0. The predicted molar refractivity (Wildman–Crippen MR) is 68.5 cm³/mol. The summed E-state index contributed by atoms with van der Waals surface area (Å²) in [5, 5.41) is 0.274. The van der Waals surface area contributed by atoms with E-state index < -0.39 is 0 Å². The lowest BCUT2D eigenvalue weighted by atomic mass is 9.96. The molecule has 0 unspecified atom stereocenters. The van der Waals surface area contributed by atoms with Crippen molar-refractivity contribution in [1.29, 1.82) is 0 Å². The van der Waals surface area contributed by atoms with Crippen molar-refractivity contribution in [3.05, 3.63) is 16.7 Å². The van der Waals surface area contributed by atoms with Crippen molar-refractivity contribution in [2.24, 2.45) is 0 Å². The lowest BCUT2D eigenvalue weighted by Gasteiger charge is -2.25. The van der Waals surface area contributed by atoms with Crippen LogP contribution < -0.4 is 0 Å². The van der Waals surface area contributed by atoms with Crippen LogP contribution >= 0.6 is 11.6 Å². The third kappa shape index (κ3) is 2.51. The number of hydrogen-bond acceptors (Lipinski definition) is 3. The average Bonchev–Trinajstić information content (AvgIpc) is 2.55. The maximum absolute atomic E-state index is 12.1. The van der Waals surface area contributed by atoms with Gasteiger partial charge in [0.2, 0.25) is 5.28 Å². The zero-order valence-corrected chi connectivity index (χ0v) is 11.3. The molecular weight excluding hydrogens is 252 g/mol.